The molecule has 0 aromatic carbocycles. The molecule has 138 valence electrons. The van der Waals surface area contributed by atoms with Crippen LogP contribution in [0.3, 0.4) is 0 Å². The molecule has 0 spiro atoms. The lowest BCUT2D eigenvalue weighted by Gasteiger charge is -2.34. The number of aromatic nitrogens is 4. The van der Waals surface area contributed by atoms with Gasteiger partial charge in [-0.05, 0) is 6.92 Å². The molecule has 2 aromatic heterocycles. The number of rotatable bonds is 4. The zero-order chi connectivity index (χ0) is 16.9. The highest BCUT2D eigenvalue weighted by Crippen LogP contribution is 2.21. The second kappa shape index (κ2) is 9.18. The largest absolute Gasteiger partial charge is 0.370 e. The van der Waals surface area contributed by atoms with Gasteiger partial charge in [0.15, 0.2) is 5.96 Å². The molecule has 1 N–H and O–H groups in total. The third kappa shape index (κ3) is 5.18. The van der Waals surface area contributed by atoms with Gasteiger partial charge in [-0.1, -0.05) is 0 Å². The maximum Gasteiger partial charge on any atom is 0.194 e. The second-order valence-corrected chi connectivity index (χ2v) is 5.95. The molecule has 1 atom stereocenters. The van der Waals surface area contributed by atoms with Gasteiger partial charge < -0.3 is 15.0 Å². The van der Waals surface area contributed by atoms with E-state index in [4.69, 9.17) is 9.73 Å². The quantitative estimate of drug-likeness (QED) is 0.424. The lowest BCUT2D eigenvalue weighted by Crippen LogP contribution is -2.48. The number of aliphatic imine (C=N–C) groups is 1. The molecule has 1 aliphatic rings. The van der Waals surface area contributed by atoms with Crippen molar-refractivity contribution in [3.63, 3.8) is 0 Å². The molecule has 1 fully saturated rings. The Hall–Kier alpha value is -1.62. The molecule has 1 aliphatic heterocycles. The predicted molar refractivity (Wildman–Crippen MR) is 107 cm³/mol. The highest BCUT2D eigenvalue weighted by atomic mass is 127. The summed E-state index contributed by atoms with van der Waals surface area (Å²) in [5, 5.41) is 11.8. The standard InChI is InChI=1S/C16H25N7O.HI/c1-4-17-16(18-7-13-8-19-21(2)10-13)23-5-6-24-15(12-23)14-9-20-22(3)11-14;/h8-11,15H,4-7,12H2,1-3H3,(H,17,18);1H. The molecular weight excluding hydrogens is 433 g/mol. The monoisotopic (exact) mass is 459 g/mol. The van der Waals surface area contributed by atoms with Crippen LogP contribution in [0.4, 0.5) is 0 Å². The number of nitrogens with one attached hydrogen (secondary N) is 1. The number of aryl methyl sites for hydroxylation is 2. The van der Waals surface area contributed by atoms with Crippen molar-refractivity contribution >= 4 is 29.9 Å². The summed E-state index contributed by atoms with van der Waals surface area (Å²) in [5.41, 5.74) is 2.20. The maximum absolute atomic E-state index is 5.91. The molecule has 0 saturated carbocycles. The van der Waals surface area contributed by atoms with Crippen LogP contribution >= 0.6 is 24.0 Å². The first-order valence-corrected chi connectivity index (χ1v) is 8.26. The predicted octanol–water partition coefficient (Wildman–Crippen LogP) is 1.31. The molecule has 9 heteroatoms. The zero-order valence-electron chi connectivity index (χ0n) is 14.9. The van der Waals surface area contributed by atoms with E-state index in [2.05, 4.69) is 27.3 Å². The van der Waals surface area contributed by atoms with Crippen LogP contribution in [0.25, 0.3) is 0 Å². The molecule has 3 rings (SSSR count). The zero-order valence-corrected chi connectivity index (χ0v) is 17.3. The van der Waals surface area contributed by atoms with E-state index in [0.717, 1.165) is 36.7 Å². The Balaban J connectivity index is 0.00000225. The maximum atomic E-state index is 5.91. The molecule has 2 aromatic rings. The molecule has 0 radical (unpaired) electrons. The molecule has 8 nitrogen and oxygen atoms in total. The molecule has 0 amide bonds. The Morgan fingerprint density at radius 2 is 2.04 bits per heavy atom. The van der Waals surface area contributed by atoms with Crippen molar-refractivity contribution in [2.24, 2.45) is 19.1 Å². The second-order valence-electron chi connectivity index (χ2n) is 5.95. The first-order valence-electron chi connectivity index (χ1n) is 8.26. The summed E-state index contributed by atoms with van der Waals surface area (Å²) in [6.45, 7) is 5.81. The Kier molecular flexibility index (Phi) is 7.24. The fourth-order valence-electron chi connectivity index (χ4n) is 2.80. The number of halogens is 1. The number of guanidine groups is 1. The molecule has 0 aliphatic carbocycles. The Labute approximate surface area is 165 Å². The van der Waals surface area contributed by atoms with E-state index in [1.165, 1.54) is 0 Å². The van der Waals surface area contributed by atoms with Crippen LogP contribution in [0, 0.1) is 0 Å². The van der Waals surface area contributed by atoms with Crippen molar-refractivity contribution < 1.29 is 4.74 Å². The minimum Gasteiger partial charge on any atom is -0.370 e. The summed E-state index contributed by atoms with van der Waals surface area (Å²) in [4.78, 5) is 7.01. The number of hydrogen-bond acceptors (Lipinski definition) is 4. The number of ether oxygens (including phenoxy) is 1. The van der Waals surface area contributed by atoms with Gasteiger partial charge in [0.05, 0.1) is 32.1 Å². The summed E-state index contributed by atoms with van der Waals surface area (Å²) in [6, 6.07) is 0. The Morgan fingerprint density at radius 3 is 2.68 bits per heavy atom. The SMILES string of the molecule is CCNC(=NCc1cnn(C)c1)N1CCOC(c2cnn(C)c2)C1.I. The third-order valence-corrected chi connectivity index (χ3v) is 3.97. The third-order valence-electron chi connectivity index (χ3n) is 3.97. The highest BCUT2D eigenvalue weighted by Gasteiger charge is 2.25. The summed E-state index contributed by atoms with van der Waals surface area (Å²) < 4.78 is 9.51. The molecule has 0 bridgehead atoms. The van der Waals surface area contributed by atoms with E-state index < -0.39 is 0 Å². The van der Waals surface area contributed by atoms with Crippen LogP contribution in [0.2, 0.25) is 0 Å². The van der Waals surface area contributed by atoms with Gasteiger partial charge in [-0.25, -0.2) is 4.99 Å². The van der Waals surface area contributed by atoms with Crippen molar-refractivity contribution in [3.8, 4) is 0 Å². The lowest BCUT2D eigenvalue weighted by atomic mass is 10.1. The van der Waals surface area contributed by atoms with E-state index in [0.29, 0.717) is 13.2 Å². The number of hydrogen-bond donors (Lipinski definition) is 1. The van der Waals surface area contributed by atoms with Gasteiger partial charge >= 0.3 is 0 Å². The highest BCUT2D eigenvalue weighted by molar-refractivity contribution is 14.0. The van der Waals surface area contributed by atoms with Crippen molar-refractivity contribution in [1.29, 1.82) is 0 Å². The fraction of sp³-hybridized carbons (Fsp3) is 0.562. The van der Waals surface area contributed by atoms with Gasteiger partial charge in [0.2, 0.25) is 0 Å². The summed E-state index contributed by atoms with van der Waals surface area (Å²) in [5.74, 6) is 0.915. The van der Waals surface area contributed by atoms with E-state index in [-0.39, 0.29) is 30.1 Å². The summed E-state index contributed by atoms with van der Waals surface area (Å²) in [6.07, 6.45) is 7.74. The van der Waals surface area contributed by atoms with Crippen LogP contribution in [-0.2, 0) is 25.4 Å². The van der Waals surface area contributed by atoms with Crippen LogP contribution in [0.1, 0.15) is 24.2 Å². The first-order chi connectivity index (χ1) is 11.7. The van der Waals surface area contributed by atoms with Gasteiger partial charge in [0.25, 0.3) is 0 Å². The molecule has 1 saturated heterocycles. The minimum absolute atomic E-state index is 0. The van der Waals surface area contributed by atoms with E-state index in [1.807, 2.05) is 38.9 Å². The van der Waals surface area contributed by atoms with E-state index in [1.54, 1.807) is 9.36 Å². The molecule has 1 unspecified atom stereocenters. The van der Waals surface area contributed by atoms with Gasteiger partial charge in [-0.3, -0.25) is 9.36 Å². The molecule has 25 heavy (non-hydrogen) atoms. The topological polar surface area (TPSA) is 72.5 Å². The lowest BCUT2D eigenvalue weighted by molar-refractivity contribution is -0.00805. The average Bonchev–Trinajstić information content (AvgIpc) is 3.20. The first kappa shape index (κ1) is 19.7. The smallest absolute Gasteiger partial charge is 0.194 e. The van der Waals surface area contributed by atoms with Crippen molar-refractivity contribution in [2.45, 2.75) is 19.6 Å². The van der Waals surface area contributed by atoms with Crippen LogP contribution in [0.5, 0.6) is 0 Å². The minimum atomic E-state index is 0. The summed E-state index contributed by atoms with van der Waals surface area (Å²) >= 11 is 0. The number of nitrogens with zero attached hydrogens (tertiary/aromatic N) is 6. The van der Waals surface area contributed by atoms with E-state index >= 15 is 0 Å². The fourth-order valence-corrected chi connectivity index (χ4v) is 2.80. The van der Waals surface area contributed by atoms with Gasteiger partial charge in [0, 0.05) is 50.7 Å². The van der Waals surface area contributed by atoms with Crippen molar-refractivity contribution in [3.05, 3.63) is 35.9 Å². The summed E-state index contributed by atoms with van der Waals surface area (Å²) in [7, 11) is 3.84. The van der Waals surface area contributed by atoms with Crippen LogP contribution in [-0.4, -0.2) is 56.7 Å². The molecular formula is C16H26IN7O. The van der Waals surface area contributed by atoms with E-state index in [9.17, 15) is 0 Å². The molecule has 3 heterocycles. The normalized spacial score (nSPS) is 18.1. The average molecular weight is 459 g/mol. The van der Waals surface area contributed by atoms with Gasteiger partial charge in [0.1, 0.15) is 6.10 Å². The number of morpholine rings is 1. The Morgan fingerprint density at radius 1 is 1.28 bits per heavy atom. The Bertz CT molecular complexity index is 696. The van der Waals surface area contributed by atoms with Gasteiger partial charge in [-0.2, -0.15) is 10.2 Å². The van der Waals surface area contributed by atoms with Crippen LogP contribution in [0.15, 0.2) is 29.8 Å². The van der Waals surface area contributed by atoms with Crippen molar-refractivity contribution in [1.82, 2.24) is 29.8 Å². The van der Waals surface area contributed by atoms with Gasteiger partial charge in [-0.15, -0.1) is 24.0 Å². The van der Waals surface area contributed by atoms with Crippen LogP contribution < -0.4 is 5.32 Å². The van der Waals surface area contributed by atoms with Crippen molar-refractivity contribution in [2.75, 3.05) is 26.2 Å².